The van der Waals surface area contributed by atoms with Gasteiger partial charge in [0.2, 0.25) is 0 Å². The molecular formula is C19H30O8. The van der Waals surface area contributed by atoms with Crippen LogP contribution in [0.1, 0.15) is 27.2 Å². The van der Waals surface area contributed by atoms with Crippen LogP contribution in [0.25, 0.3) is 0 Å². The monoisotopic (exact) mass is 386 g/mol. The van der Waals surface area contributed by atoms with E-state index in [0.29, 0.717) is 12.0 Å². The lowest BCUT2D eigenvalue weighted by atomic mass is 9.68. The average Bonchev–Trinajstić information content (AvgIpc) is 2.57. The molecule has 7 atom stereocenters. The fraction of sp³-hybridized carbons (Fsp3) is 0.737. The molecule has 8 heteroatoms. The first-order valence-corrected chi connectivity index (χ1v) is 9.08. The van der Waals surface area contributed by atoms with Gasteiger partial charge in [0.1, 0.15) is 24.4 Å². The molecule has 0 aromatic rings. The van der Waals surface area contributed by atoms with E-state index in [4.69, 9.17) is 9.47 Å². The van der Waals surface area contributed by atoms with Crippen molar-refractivity contribution in [3.63, 3.8) is 0 Å². The van der Waals surface area contributed by atoms with Crippen molar-refractivity contribution in [3.8, 4) is 0 Å². The van der Waals surface area contributed by atoms with Gasteiger partial charge in [0, 0.05) is 12.3 Å². The summed E-state index contributed by atoms with van der Waals surface area (Å²) >= 11 is 0. The van der Waals surface area contributed by atoms with Gasteiger partial charge >= 0.3 is 0 Å². The second-order valence-electron chi connectivity index (χ2n) is 7.96. The summed E-state index contributed by atoms with van der Waals surface area (Å²) in [6, 6.07) is 0. The molecule has 1 aliphatic carbocycles. The molecule has 5 N–H and O–H groups in total. The summed E-state index contributed by atoms with van der Waals surface area (Å²) in [7, 11) is 0. The Morgan fingerprint density at radius 2 is 1.96 bits per heavy atom. The van der Waals surface area contributed by atoms with Crippen molar-refractivity contribution in [1.82, 2.24) is 0 Å². The first-order valence-electron chi connectivity index (χ1n) is 9.08. The Morgan fingerprint density at radius 1 is 1.30 bits per heavy atom. The van der Waals surface area contributed by atoms with E-state index < -0.39 is 43.4 Å². The number of hydrogen-bond donors (Lipinski definition) is 5. The Bertz CT molecular complexity index is 580. The van der Waals surface area contributed by atoms with Crippen molar-refractivity contribution in [3.05, 3.63) is 23.8 Å². The minimum absolute atomic E-state index is 0.0471. The lowest BCUT2D eigenvalue weighted by molar-refractivity contribution is -0.299. The van der Waals surface area contributed by atoms with E-state index in [0.717, 1.165) is 0 Å². The number of ether oxygens (including phenoxy) is 2. The average molecular weight is 386 g/mol. The molecule has 1 aliphatic heterocycles. The number of aliphatic hydroxyl groups is 5. The molecule has 0 amide bonds. The Hall–Kier alpha value is -1.13. The Kier molecular flexibility index (Phi) is 7.32. The topological polar surface area (TPSA) is 137 Å². The number of aliphatic hydroxyl groups excluding tert-OH is 5. The summed E-state index contributed by atoms with van der Waals surface area (Å²) in [6.07, 6.45) is -2.11. The molecule has 0 aromatic carbocycles. The third-order valence-corrected chi connectivity index (χ3v) is 5.06. The van der Waals surface area contributed by atoms with Gasteiger partial charge in [0.05, 0.1) is 19.3 Å². The maximum Gasteiger partial charge on any atom is 0.187 e. The molecule has 0 saturated carbocycles. The number of carbonyl (C=O) groups excluding carboxylic acids is 1. The summed E-state index contributed by atoms with van der Waals surface area (Å²) < 4.78 is 10.9. The molecule has 2 aliphatic rings. The van der Waals surface area contributed by atoms with Gasteiger partial charge in [0.25, 0.3) is 0 Å². The third kappa shape index (κ3) is 5.23. The van der Waals surface area contributed by atoms with Crippen LogP contribution in [0.2, 0.25) is 0 Å². The van der Waals surface area contributed by atoms with Crippen molar-refractivity contribution >= 4 is 5.78 Å². The number of hydrogen-bond acceptors (Lipinski definition) is 8. The van der Waals surface area contributed by atoms with Crippen LogP contribution in [0.4, 0.5) is 0 Å². The lowest BCUT2D eigenvalue weighted by Crippen LogP contribution is -2.59. The predicted molar refractivity (Wildman–Crippen MR) is 95.5 cm³/mol. The zero-order chi connectivity index (χ0) is 20.4. The maximum absolute atomic E-state index is 12.1. The third-order valence-electron chi connectivity index (χ3n) is 5.06. The molecule has 1 heterocycles. The van der Waals surface area contributed by atoms with Gasteiger partial charge in [-0.25, -0.2) is 0 Å². The van der Waals surface area contributed by atoms with Gasteiger partial charge < -0.3 is 35.0 Å². The SMILES string of the molecule is CC(O)C=CC1C(COC2OC(CO)C(O)C(O)C2O)=CC(=O)CC1(C)C. The van der Waals surface area contributed by atoms with E-state index in [-0.39, 0.29) is 23.7 Å². The van der Waals surface area contributed by atoms with Crippen LogP contribution < -0.4 is 0 Å². The minimum Gasteiger partial charge on any atom is -0.394 e. The predicted octanol–water partition coefficient (Wildman–Crippen LogP) is -0.719. The molecule has 1 saturated heterocycles. The Morgan fingerprint density at radius 3 is 2.56 bits per heavy atom. The first-order chi connectivity index (χ1) is 12.6. The molecule has 27 heavy (non-hydrogen) atoms. The molecule has 8 nitrogen and oxygen atoms in total. The first kappa shape index (κ1) is 22.2. The minimum atomic E-state index is -1.52. The van der Waals surface area contributed by atoms with Crippen LogP contribution in [0, 0.1) is 11.3 Å². The van der Waals surface area contributed by atoms with Crippen LogP contribution in [0.15, 0.2) is 23.8 Å². The van der Waals surface area contributed by atoms with E-state index in [1.165, 1.54) is 6.08 Å². The fourth-order valence-electron chi connectivity index (χ4n) is 3.58. The quantitative estimate of drug-likeness (QED) is 0.377. The number of allylic oxidation sites excluding steroid dienone is 2. The molecular weight excluding hydrogens is 356 g/mol. The molecule has 1 fully saturated rings. The van der Waals surface area contributed by atoms with E-state index in [2.05, 4.69) is 0 Å². The standard InChI is InChI=1S/C19H30O8/c1-10(21)4-5-13-11(6-12(22)7-19(13,2)3)9-26-18-17(25)16(24)15(23)14(8-20)27-18/h4-6,10,13-18,20-21,23-25H,7-9H2,1-3H3. The van der Waals surface area contributed by atoms with Crippen LogP contribution in [-0.2, 0) is 14.3 Å². The van der Waals surface area contributed by atoms with Gasteiger partial charge in [-0.2, -0.15) is 0 Å². The van der Waals surface area contributed by atoms with Crippen molar-refractivity contribution < 1.29 is 39.8 Å². The van der Waals surface area contributed by atoms with Gasteiger partial charge in [0.15, 0.2) is 12.1 Å². The summed E-state index contributed by atoms with van der Waals surface area (Å²) in [6.45, 7) is 4.93. The summed E-state index contributed by atoms with van der Waals surface area (Å²) in [4.78, 5) is 12.1. The van der Waals surface area contributed by atoms with Gasteiger partial charge in [-0.15, -0.1) is 0 Å². The number of rotatable bonds is 6. The lowest BCUT2D eigenvalue weighted by Gasteiger charge is -2.41. The van der Waals surface area contributed by atoms with E-state index >= 15 is 0 Å². The van der Waals surface area contributed by atoms with E-state index in [1.54, 1.807) is 13.0 Å². The molecule has 2 rings (SSSR count). The number of ketones is 1. The largest absolute Gasteiger partial charge is 0.394 e. The Balaban J connectivity index is 2.14. The van der Waals surface area contributed by atoms with Crippen molar-refractivity contribution in [1.29, 1.82) is 0 Å². The Labute approximate surface area is 158 Å². The second-order valence-corrected chi connectivity index (χ2v) is 7.96. The highest BCUT2D eigenvalue weighted by Gasteiger charge is 2.44. The highest BCUT2D eigenvalue weighted by molar-refractivity contribution is 5.92. The molecule has 154 valence electrons. The highest BCUT2D eigenvalue weighted by Crippen LogP contribution is 2.41. The maximum atomic E-state index is 12.1. The van der Waals surface area contributed by atoms with Gasteiger partial charge in [-0.1, -0.05) is 26.0 Å². The molecule has 7 unspecified atom stereocenters. The van der Waals surface area contributed by atoms with Crippen molar-refractivity contribution in [2.24, 2.45) is 11.3 Å². The fourth-order valence-corrected chi connectivity index (χ4v) is 3.58. The zero-order valence-electron chi connectivity index (χ0n) is 15.9. The molecule has 0 spiro atoms. The van der Waals surface area contributed by atoms with Crippen LogP contribution >= 0.6 is 0 Å². The smallest absolute Gasteiger partial charge is 0.187 e. The summed E-state index contributed by atoms with van der Waals surface area (Å²) in [5.74, 6) is -0.219. The second kappa shape index (κ2) is 8.91. The molecule has 0 radical (unpaired) electrons. The molecule has 0 bridgehead atoms. The normalized spacial score (nSPS) is 38.1. The summed E-state index contributed by atoms with van der Waals surface area (Å²) in [5.41, 5.74) is 0.274. The van der Waals surface area contributed by atoms with Crippen molar-refractivity contribution in [2.75, 3.05) is 13.2 Å². The van der Waals surface area contributed by atoms with Crippen LogP contribution in [0.5, 0.6) is 0 Å². The van der Waals surface area contributed by atoms with Crippen molar-refractivity contribution in [2.45, 2.75) is 64.0 Å². The van der Waals surface area contributed by atoms with Crippen LogP contribution in [-0.4, -0.2) is 81.3 Å². The molecule has 0 aromatic heterocycles. The summed E-state index contributed by atoms with van der Waals surface area (Å²) in [5, 5.41) is 48.5. The van der Waals surface area contributed by atoms with Gasteiger partial charge in [-0.05, 0) is 24.0 Å². The van der Waals surface area contributed by atoms with E-state index in [9.17, 15) is 30.3 Å². The number of carbonyl (C=O) groups is 1. The highest BCUT2D eigenvalue weighted by atomic mass is 16.7. The van der Waals surface area contributed by atoms with Crippen LogP contribution in [0.3, 0.4) is 0 Å². The van der Waals surface area contributed by atoms with E-state index in [1.807, 2.05) is 19.9 Å². The zero-order valence-corrected chi connectivity index (χ0v) is 15.9. The van der Waals surface area contributed by atoms with Gasteiger partial charge in [-0.3, -0.25) is 4.79 Å².